The average molecular weight is 281 g/mol. The summed E-state index contributed by atoms with van der Waals surface area (Å²) in [6.07, 6.45) is 0.598. The van der Waals surface area contributed by atoms with Crippen LogP contribution in [0, 0.1) is 12.7 Å². The molecule has 4 nitrogen and oxygen atoms in total. The fraction of sp³-hybridized carbons (Fsp3) is 0.308. The van der Waals surface area contributed by atoms with Crippen LogP contribution in [0.3, 0.4) is 0 Å². The van der Waals surface area contributed by atoms with Gasteiger partial charge >= 0.3 is 0 Å². The van der Waals surface area contributed by atoms with Crippen LogP contribution in [-0.4, -0.2) is 12.1 Å². The first-order valence-electron chi connectivity index (χ1n) is 5.84. The van der Waals surface area contributed by atoms with E-state index in [2.05, 4.69) is 10.4 Å². The Kier molecular flexibility index (Phi) is 4.47. The summed E-state index contributed by atoms with van der Waals surface area (Å²) in [5, 5.41) is 0. The summed E-state index contributed by atoms with van der Waals surface area (Å²) in [5.41, 5.74) is 6.34. The van der Waals surface area contributed by atoms with Crippen molar-refractivity contribution in [2.75, 3.05) is 7.11 Å². The summed E-state index contributed by atoms with van der Waals surface area (Å²) < 4.78 is 18.5. The van der Waals surface area contributed by atoms with Crippen molar-refractivity contribution in [1.29, 1.82) is 0 Å². The summed E-state index contributed by atoms with van der Waals surface area (Å²) in [6, 6.07) is 4.86. The van der Waals surface area contributed by atoms with E-state index in [9.17, 15) is 4.39 Å². The molecule has 2 aromatic rings. The Morgan fingerprint density at radius 2 is 2.32 bits per heavy atom. The minimum atomic E-state index is -0.364. The van der Waals surface area contributed by atoms with Crippen LogP contribution in [0.25, 0.3) is 0 Å². The molecule has 0 fully saturated rings. The molecule has 0 aliphatic heterocycles. The van der Waals surface area contributed by atoms with Gasteiger partial charge in [0.1, 0.15) is 0 Å². The molecule has 0 saturated carbocycles. The average Bonchev–Trinajstić information content (AvgIpc) is 2.82. The second-order valence-corrected chi connectivity index (χ2v) is 5.08. The Labute approximate surface area is 115 Å². The Hall–Kier alpha value is -1.50. The molecule has 0 bridgehead atoms. The summed E-state index contributed by atoms with van der Waals surface area (Å²) in [5.74, 6) is 5.47. The van der Waals surface area contributed by atoms with Gasteiger partial charge in [0.15, 0.2) is 11.6 Å². The number of ether oxygens (including phenoxy) is 1. The molecular weight excluding hydrogens is 265 g/mol. The molecule has 6 heteroatoms. The number of nitrogens with one attached hydrogen (secondary N) is 1. The Balaban J connectivity index is 2.19. The lowest BCUT2D eigenvalue weighted by molar-refractivity contribution is 0.386. The molecule has 1 unspecified atom stereocenters. The summed E-state index contributed by atoms with van der Waals surface area (Å²) in [7, 11) is 1.45. The van der Waals surface area contributed by atoms with Crippen LogP contribution < -0.4 is 16.0 Å². The summed E-state index contributed by atoms with van der Waals surface area (Å²) >= 11 is 1.54. The number of nitrogens with two attached hydrogens (primary N) is 1. The van der Waals surface area contributed by atoms with Gasteiger partial charge in [-0.05, 0) is 31.0 Å². The molecule has 0 spiro atoms. The van der Waals surface area contributed by atoms with Crippen molar-refractivity contribution < 1.29 is 9.13 Å². The molecule has 102 valence electrons. The molecule has 3 N–H and O–H groups in total. The largest absolute Gasteiger partial charge is 0.494 e. The number of hydrazine groups is 1. The molecule has 0 radical (unpaired) electrons. The van der Waals surface area contributed by atoms with E-state index in [1.165, 1.54) is 13.2 Å². The number of methoxy groups -OCH3 is 1. The summed E-state index contributed by atoms with van der Waals surface area (Å²) in [6.45, 7) is 1.94. The molecular formula is C13H16FN3OS. The Bertz CT molecular complexity index is 559. The van der Waals surface area contributed by atoms with E-state index in [-0.39, 0.29) is 17.6 Å². The topological polar surface area (TPSA) is 60.2 Å². The number of nitrogens with zero attached hydrogens (tertiary/aromatic N) is 1. The fourth-order valence-electron chi connectivity index (χ4n) is 1.95. The number of thiazole rings is 1. The lowest BCUT2D eigenvalue weighted by atomic mass is 10.0. The lowest BCUT2D eigenvalue weighted by Crippen LogP contribution is -2.29. The Morgan fingerprint density at radius 3 is 2.84 bits per heavy atom. The van der Waals surface area contributed by atoms with Crippen molar-refractivity contribution in [3.8, 4) is 5.75 Å². The van der Waals surface area contributed by atoms with Gasteiger partial charge in [0.25, 0.3) is 0 Å². The van der Waals surface area contributed by atoms with E-state index < -0.39 is 0 Å². The highest BCUT2D eigenvalue weighted by Crippen LogP contribution is 2.26. The Morgan fingerprint density at radius 1 is 1.53 bits per heavy atom. The fourth-order valence-corrected chi connectivity index (χ4v) is 2.81. The number of aryl methyl sites for hydroxylation is 1. The zero-order chi connectivity index (χ0) is 13.8. The maximum absolute atomic E-state index is 13.6. The minimum Gasteiger partial charge on any atom is -0.494 e. The van der Waals surface area contributed by atoms with E-state index in [1.54, 1.807) is 22.9 Å². The highest BCUT2D eigenvalue weighted by atomic mass is 32.1. The maximum Gasteiger partial charge on any atom is 0.165 e. The van der Waals surface area contributed by atoms with Crippen molar-refractivity contribution in [1.82, 2.24) is 10.4 Å². The predicted molar refractivity (Wildman–Crippen MR) is 73.6 cm³/mol. The van der Waals surface area contributed by atoms with Gasteiger partial charge in [-0.2, -0.15) is 0 Å². The van der Waals surface area contributed by atoms with Crippen molar-refractivity contribution in [3.05, 3.63) is 45.7 Å². The molecule has 1 aromatic carbocycles. The van der Waals surface area contributed by atoms with Crippen molar-refractivity contribution in [3.63, 3.8) is 0 Å². The van der Waals surface area contributed by atoms with E-state index in [0.29, 0.717) is 6.42 Å². The van der Waals surface area contributed by atoms with Crippen molar-refractivity contribution >= 4 is 11.3 Å². The van der Waals surface area contributed by atoms with Crippen molar-refractivity contribution in [2.24, 2.45) is 5.84 Å². The molecule has 0 aliphatic rings. The first-order chi connectivity index (χ1) is 9.15. The van der Waals surface area contributed by atoms with Gasteiger partial charge in [-0.3, -0.25) is 11.3 Å². The van der Waals surface area contributed by atoms with E-state index in [1.807, 2.05) is 13.0 Å². The predicted octanol–water partition coefficient (Wildman–Crippen LogP) is 2.35. The third-order valence-electron chi connectivity index (χ3n) is 2.96. The highest BCUT2D eigenvalue weighted by Gasteiger charge is 2.16. The second kappa shape index (κ2) is 6.10. The van der Waals surface area contributed by atoms with Crippen LogP contribution in [-0.2, 0) is 6.42 Å². The molecule has 2 rings (SSSR count). The van der Waals surface area contributed by atoms with Gasteiger partial charge in [0.05, 0.1) is 24.4 Å². The molecule has 19 heavy (non-hydrogen) atoms. The molecule has 1 aromatic heterocycles. The number of hydrogen-bond acceptors (Lipinski definition) is 5. The third-order valence-corrected chi connectivity index (χ3v) is 4.00. The SMILES string of the molecule is COc1ccc(CC(NN)c2scnc2C)cc1F. The van der Waals surface area contributed by atoms with Gasteiger partial charge in [0, 0.05) is 4.88 Å². The van der Waals surface area contributed by atoms with Gasteiger partial charge in [0.2, 0.25) is 0 Å². The van der Waals surface area contributed by atoms with Crippen LogP contribution in [0.4, 0.5) is 4.39 Å². The van der Waals surface area contributed by atoms with E-state index >= 15 is 0 Å². The summed E-state index contributed by atoms with van der Waals surface area (Å²) in [4.78, 5) is 5.27. The van der Waals surface area contributed by atoms with Crippen molar-refractivity contribution in [2.45, 2.75) is 19.4 Å². The minimum absolute atomic E-state index is 0.0692. The molecule has 0 aliphatic carbocycles. The molecule has 0 amide bonds. The van der Waals surface area contributed by atoms with Gasteiger partial charge in [-0.1, -0.05) is 6.07 Å². The van der Waals surface area contributed by atoms with Crippen LogP contribution in [0.2, 0.25) is 0 Å². The van der Waals surface area contributed by atoms with Crippen LogP contribution in [0.15, 0.2) is 23.7 Å². The number of benzene rings is 1. The standard InChI is InChI=1S/C13H16FN3OS/c1-8-13(19-7-16-8)11(17-15)6-9-3-4-12(18-2)10(14)5-9/h3-5,7,11,17H,6,15H2,1-2H3. The normalized spacial score (nSPS) is 12.4. The zero-order valence-electron chi connectivity index (χ0n) is 10.8. The van der Waals surface area contributed by atoms with Gasteiger partial charge in [-0.25, -0.2) is 9.37 Å². The monoisotopic (exact) mass is 281 g/mol. The maximum atomic E-state index is 13.6. The third kappa shape index (κ3) is 3.09. The lowest BCUT2D eigenvalue weighted by Gasteiger charge is -2.15. The highest BCUT2D eigenvalue weighted by molar-refractivity contribution is 7.09. The molecule has 1 heterocycles. The van der Waals surface area contributed by atoms with Crippen LogP contribution in [0.5, 0.6) is 5.75 Å². The number of hydrogen-bond donors (Lipinski definition) is 2. The van der Waals surface area contributed by atoms with E-state index in [0.717, 1.165) is 16.1 Å². The smallest absolute Gasteiger partial charge is 0.165 e. The number of halogens is 1. The molecule has 1 atom stereocenters. The second-order valence-electron chi connectivity index (χ2n) is 4.19. The molecule has 0 saturated heterocycles. The first kappa shape index (κ1) is 13.9. The van der Waals surface area contributed by atoms with Crippen LogP contribution >= 0.6 is 11.3 Å². The number of aromatic nitrogens is 1. The van der Waals surface area contributed by atoms with Gasteiger partial charge < -0.3 is 4.74 Å². The van der Waals surface area contributed by atoms with E-state index in [4.69, 9.17) is 10.6 Å². The first-order valence-corrected chi connectivity index (χ1v) is 6.72. The van der Waals surface area contributed by atoms with Crippen LogP contribution in [0.1, 0.15) is 22.2 Å². The zero-order valence-corrected chi connectivity index (χ0v) is 11.6. The quantitative estimate of drug-likeness (QED) is 0.652. The van der Waals surface area contributed by atoms with Gasteiger partial charge in [-0.15, -0.1) is 11.3 Å². The number of rotatable bonds is 5.